The first kappa shape index (κ1) is 26.3. The standard InChI is InChI=1S/C18H29N3O10/c22-14(23)7-19(8-15(24)25)5-6-20(9-16(26)27)12-3-1-2-4-13(12)21(10-17(28)29)11-18(30)31/h12-13H,1-11H2,(H,22,23)(H,24,25)(H,26,27)(H,28,29)(H,30,31)/t12-,13?/m0/s1. The van der Waals surface area contributed by atoms with Gasteiger partial charge >= 0.3 is 29.8 Å². The highest BCUT2D eigenvalue weighted by Gasteiger charge is 2.36. The molecule has 0 spiro atoms. The van der Waals surface area contributed by atoms with Gasteiger partial charge in [-0.05, 0) is 12.8 Å². The van der Waals surface area contributed by atoms with Crippen molar-refractivity contribution in [3.05, 3.63) is 0 Å². The summed E-state index contributed by atoms with van der Waals surface area (Å²) in [6.07, 6.45) is 2.45. The van der Waals surface area contributed by atoms with Gasteiger partial charge in [-0.3, -0.25) is 38.7 Å². The van der Waals surface area contributed by atoms with Crippen LogP contribution in [0.4, 0.5) is 0 Å². The molecule has 1 aliphatic rings. The first-order valence-electron chi connectivity index (χ1n) is 9.79. The maximum absolute atomic E-state index is 11.4. The molecule has 0 bridgehead atoms. The maximum Gasteiger partial charge on any atom is 0.317 e. The van der Waals surface area contributed by atoms with Gasteiger partial charge in [0.05, 0.1) is 32.7 Å². The summed E-state index contributed by atoms with van der Waals surface area (Å²) in [5.41, 5.74) is 0. The van der Waals surface area contributed by atoms with E-state index in [2.05, 4.69) is 0 Å². The van der Waals surface area contributed by atoms with Crippen LogP contribution < -0.4 is 0 Å². The Morgan fingerprint density at radius 3 is 1.29 bits per heavy atom. The summed E-state index contributed by atoms with van der Waals surface area (Å²) in [5, 5.41) is 45.7. The van der Waals surface area contributed by atoms with Crippen molar-refractivity contribution in [2.24, 2.45) is 0 Å². The number of carbonyl (C=O) groups is 5. The van der Waals surface area contributed by atoms with Crippen molar-refractivity contribution in [1.29, 1.82) is 0 Å². The summed E-state index contributed by atoms with van der Waals surface area (Å²) in [6, 6.07) is -0.993. The molecule has 0 saturated heterocycles. The molecule has 1 fully saturated rings. The van der Waals surface area contributed by atoms with Gasteiger partial charge in [-0.15, -0.1) is 0 Å². The Hall–Kier alpha value is -2.77. The summed E-state index contributed by atoms with van der Waals surface area (Å²) in [6.45, 7) is -2.54. The second kappa shape index (κ2) is 12.8. The molecular weight excluding hydrogens is 418 g/mol. The fraction of sp³-hybridized carbons (Fsp3) is 0.722. The Morgan fingerprint density at radius 2 is 0.903 bits per heavy atom. The molecule has 0 aliphatic heterocycles. The highest BCUT2D eigenvalue weighted by Crippen LogP contribution is 2.27. The van der Waals surface area contributed by atoms with Gasteiger partial charge in [0.1, 0.15) is 0 Å². The van der Waals surface area contributed by atoms with Crippen LogP contribution in [0.2, 0.25) is 0 Å². The van der Waals surface area contributed by atoms with Crippen LogP contribution in [0.1, 0.15) is 25.7 Å². The number of rotatable bonds is 15. The van der Waals surface area contributed by atoms with Gasteiger partial charge < -0.3 is 25.5 Å². The molecule has 176 valence electrons. The average molecular weight is 447 g/mol. The minimum Gasteiger partial charge on any atom is -0.480 e. The smallest absolute Gasteiger partial charge is 0.317 e. The van der Waals surface area contributed by atoms with Gasteiger partial charge in [0.2, 0.25) is 0 Å². The second-order valence-electron chi connectivity index (χ2n) is 7.47. The molecule has 31 heavy (non-hydrogen) atoms. The highest BCUT2D eigenvalue weighted by atomic mass is 16.4. The summed E-state index contributed by atoms with van der Waals surface area (Å²) >= 11 is 0. The summed E-state index contributed by atoms with van der Waals surface area (Å²) in [7, 11) is 0. The molecule has 0 amide bonds. The lowest BCUT2D eigenvalue weighted by Gasteiger charge is -2.44. The number of hydrogen-bond acceptors (Lipinski definition) is 8. The molecule has 1 rings (SSSR count). The predicted octanol–water partition coefficient (Wildman–Crippen LogP) is -1.37. The van der Waals surface area contributed by atoms with Gasteiger partial charge in [0.15, 0.2) is 0 Å². The van der Waals surface area contributed by atoms with Gasteiger partial charge in [-0.1, -0.05) is 12.8 Å². The third-order valence-corrected chi connectivity index (χ3v) is 5.07. The van der Waals surface area contributed by atoms with Crippen molar-refractivity contribution >= 4 is 29.8 Å². The van der Waals surface area contributed by atoms with Gasteiger partial charge in [0, 0.05) is 25.2 Å². The normalized spacial score (nSPS) is 18.9. The molecular formula is C18H29N3O10. The first-order chi connectivity index (χ1) is 14.5. The number of carboxylic acid groups (broad SMARTS) is 5. The largest absolute Gasteiger partial charge is 0.480 e. The Bertz CT molecular complexity index is 639. The van der Waals surface area contributed by atoms with Crippen LogP contribution in [0.25, 0.3) is 0 Å². The number of hydrogen-bond donors (Lipinski definition) is 5. The van der Waals surface area contributed by atoms with Crippen LogP contribution in [0.15, 0.2) is 0 Å². The zero-order chi connectivity index (χ0) is 23.6. The van der Waals surface area contributed by atoms with Gasteiger partial charge in [-0.2, -0.15) is 0 Å². The van der Waals surface area contributed by atoms with E-state index in [0.29, 0.717) is 12.8 Å². The van der Waals surface area contributed by atoms with E-state index in [0.717, 1.165) is 17.7 Å². The number of nitrogens with zero attached hydrogens (tertiary/aromatic N) is 3. The van der Waals surface area contributed by atoms with Crippen LogP contribution in [0.3, 0.4) is 0 Å². The third-order valence-electron chi connectivity index (χ3n) is 5.07. The van der Waals surface area contributed by atoms with Crippen molar-refractivity contribution in [1.82, 2.24) is 14.7 Å². The molecule has 0 aromatic rings. The van der Waals surface area contributed by atoms with Crippen molar-refractivity contribution in [2.75, 3.05) is 45.8 Å². The Morgan fingerprint density at radius 1 is 0.548 bits per heavy atom. The Kier molecular flexibility index (Phi) is 10.9. The summed E-state index contributed by atoms with van der Waals surface area (Å²) < 4.78 is 0. The zero-order valence-electron chi connectivity index (χ0n) is 17.1. The van der Waals surface area contributed by atoms with Crippen molar-refractivity contribution in [3.63, 3.8) is 0 Å². The van der Waals surface area contributed by atoms with Crippen LogP contribution >= 0.6 is 0 Å². The second-order valence-corrected chi connectivity index (χ2v) is 7.47. The van der Waals surface area contributed by atoms with Crippen LogP contribution in [0, 0.1) is 0 Å². The van der Waals surface area contributed by atoms with E-state index in [9.17, 15) is 39.3 Å². The van der Waals surface area contributed by atoms with E-state index in [-0.39, 0.29) is 13.1 Å². The predicted molar refractivity (Wildman–Crippen MR) is 104 cm³/mol. The lowest BCUT2D eigenvalue weighted by atomic mass is 9.87. The van der Waals surface area contributed by atoms with Gasteiger partial charge in [0.25, 0.3) is 0 Å². The molecule has 0 aromatic carbocycles. The zero-order valence-corrected chi connectivity index (χ0v) is 17.1. The van der Waals surface area contributed by atoms with Crippen molar-refractivity contribution < 1.29 is 49.5 Å². The minimum atomic E-state index is -1.23. The minimum absolute atomic E-state index is 0.0298. The molecule has 1 unspecified atom stereocenters. The van der Waals surface area contributed by atoms with E-state index >= 15 is 0 Å². The maximum atomic E-state index is 11.4. The summed E-state index contributed by atoms with van der Waals surface area (Å²) in [5.74, 6) is -6.02. The summed E-state index contributed by atoms with van der Waals surface area (Å²) in [4.78, 5) is 59.9. The van der Waals surface area contributed by atoms with E-state index in [1.54, 1.807) is 4.90 Å². The molecule has 1 aliphatic carbocycles. The van der Waals surface area contributed by atoms with E-state index in [4.69, 9.17) is 10.2 Å². The lowest BCUT2D eigenvalue weighted by Crippen LogP contribution is -2.57. The molecule has 5 N–H and O–H groups in total. The monoisotopic (exact) mass is 447 g/mol. The van der Waals surface area contributed by atoms with Crippen LogP contribution in [0.5, 0.6) is 0 Å². The molecule has 2 atom stereocenters. The van der Waals surface area contributed by atoms with E-state index in [1.165, 1.54) is 4.90 Å². The highest BCUT2D eigenvalue weighted by molar-refractivity contribution is 5.73. The molecule has 0 radical (unpaired) electrons. The first-order valence-corrected chi connectivity index (χ1v) is 9.79. The lowest BCUT2D eigenvalue weighted by molar-refractivity contribution is -0.146. The molecule has 13 nitrogen and oxygen atoms in total. The topological polar surface area (TPSA) is 196 Å². The molecule has 0 aromatic heterocycles. The molecule has 13 heteroatoms. The van der Waals surface area contributed by atoms with E-state index in [1.807, 2.05) is 0 Å². The average Bonchev–Trinajstić information content (AvgIpc) is 2.62. The third kappa shape index (κ3) is 10.2. The number of carboxylic acids is 5. The SMILES string of the molecule is O=C(O)CN(CCN(CC(=O)O)[C@H]1CCCCC1N(CC(=O)O)CC(=O)O)CC(=O)O. The van der Waals surface area contributed by atoms with Crippen LogP contribution in [-0.4, -0.2) is 128 Å². The molecule has 1 saturated carbocycles. The fourth-order valence-corrected chi connectivity index (χ4v) is 3.98. The Labute approximate surface area is 178 Å². The Balaban J connectivity index is 3.06. The van der Waals surface area contributed by atoms with E-state index < -0.39 is 74.7 Å². The van der Waals surface area contributed by atoms with Gasteiger partial charge in [-0.25, -0.2) is 0 Å². The van der Waals surface area contributed by atoms with Crippen molar-refractivity contribution in [3.8, 4) is 0 Å². The van der Waals surface area contributed by atoms with Crippen molar-refractivity contribution in [2.45, 2.75) is 37.8 Å². The fourth-order valence-electron chi connectivity index (χ4n) is 3.98. The number of aliphatic carboxylic acids is 5. The molecule has 0 heterocycles. The quantitative estimate of drug-likeness (QED) is 0.197. The van der Waals surface area contributed by atoms with Crippen LogP contribution in [-0.2, 0) is 24.0 Å².